The third-order valence-electron chi connectivity index (χ3n) is 4.26. The molecule has 0 bridgehead atoms. The first-order chi connectivity index (χ1) is 9.51. The minimum absolute atomic E-state index is 0.440. The average Bonchev–Trinajstić information content (AvgIpc) is 2.84. The molecule has 0 spiro atoms. The smallest absolute Gasteiger partial charge is 0.110 e. The van der Waals surface area contributed by atoms with Crippen molar-refractivity contribution in [2.75, 3.05) is 13.1 Å². The number of nitrogens with zero attached hydrogens (tertiary/aromatic N) is 2. The molecule has 3 nitrogen and oxygen atoms in total. The van der Waals surface area contributed by atoms with Gasteiger partial charge in [-0.25, -0.2) is 4.98 Å². The normalized spacial score (nSPS) is 26.1. The van der Waals surface area contributed by atoms with Crippen molar-refractivity contribution >= 4 is 11.3 Å². The summed E-state index contributed by atoms with van der Waals surface area (Å²) in [6.07, 6.45) is 4.47. The summed E-state index contributed by atoms with van der Waals surface area (Å²) in [4.78, 5) is 8.58. The van der Waals surface area contributed by atoms with E-state index < -0.39 is 0 Å². The summed E-state index contributed by atoms with van der Waals surface area (Å²) >= 11 is 1.84. The van der Waals surface area contributed by atoms with Crippen LogP contribution in [0.5, 0.6) is 0 Å². The van der Waals surface area contributed by atoms with Gasteiger partial charge in [0.15, 0.2) is 0 Å². The van der Waals surface area contributed by atoms with E-state index in [0.717, 1.165) is 19.0 Å². The van der Waals surface area contributed by atoms with Gasteiger partial charge in [-0.05, 0) is 32.6 Å². The molecule has 2 rings (SSSR count). The van der Waals surface area contributed by atoms with Crippen molar-refractivity contribution in [2.45, 2.75) is 65.6 Å². The lowest BCUT2D eigenvalue weighted by molar-refractivity contribution is 0.0802. The standard InChI is InChI=1S/C16H29N3S/c1-6-15-9-17-14(7-11(2)3)10-19(15)13(5)16-18-8-12(4)20-16/h8,11,13-15,17H,6-7,9-10H2,1-5H3. The van der Waals surface area contributed by atoms with Gasteiger partial charge < -0.3 is 5.32 Å². The lowest BCUT2D eigenvalue weighted by Gasteiger charge is -2.43. The molecule has 114 valence electrons. The molecule has 0 aromatic carbocycles. The van der Waals surface area contributed by atoms with Gasteiger partial charge in [0.2, 0.25) is 0 Å². The fraction of sp³-hybridized carbons (Fsp3) is 0.812. The molecule has 1 aliphatic rings. The number of hydrogen-bond donors (Lipinski definition) is 1. The molecule has 1 aliphatic heterocycles. The van der Waals surface area contributed by atoms with Crippen LogP contribution in [0.15, 0.2) is 6.20 Å². The van der Waals surface area contributed by atoms with E-state index in [0.29, 0.717) is 18.1 Å². The third kappa shape index (κ3) is 3.80. The molecule has 1 N–H and O–H groups in total. The number of hydrogen-bond acceptors (Lipinski definition) is 4. The van der Waals surface area contributed by atoms with E-state index in [1.807, 2.05) is 17.5 Å². The van der Waals surface area contributed by atoms with Crippen molar-refractivity contribution in [1.82, 2.24) is 15.2 Å². The number of rotatable bonds is 5. The highest BCUT2D eigenvalue weighted by Gasteiger charge is 2.31. The quantitative estimate of drug-likeness (QED) is 0.899. The molecule has 1 fully saturated rings. The average molecular weight is 295 g/mol. The SMILES string of the molecule is CCC1CNC(CC(C)C)CN1C(C)c1ncc(C)s1. The van der Waals surface area contributed by atoms with Gasteiger partial charge in [-0.1, -0.05) is 20.8 Å². The Labute approximate surface area is 127 Å². The van der Waals surface area contributed by atoms with Crippen molar-refractivity contribution in [3.8, 4) is 0 Å². The summed E-state index contributed by atoms with van der Waals surface area (Å²) in [5.74, 6) is 0.755. The molecule has 3 atom stereocenters. The molecule has 1 aromatic rings. The molecule has 0 amide bonds. The molecular formula is C16H29N3S. The predicted molar refractivity (Wildman–Crippen MR) is 87.3 cm³/mol. The van der Waals surface area contributed by atoms with Gasteiger partial charge in [0.25, 0.3) is 0 Å². The van der Waals surface area contributed by atoms with Crippen LogP contribution in [0.2, 0.25) is 0 Å². The maximum atomic E-state index is 4.60. The van der Waals surface area contributed by atoms with Crippen LogP contribution in [0, 0.1) is 12.8 Å². The van der Waals surface area contributed by atoms with E-state index in [1.165, 1.54) is 22.7 Å². The first-order valence-electron chi connectivity index (χ1n) is 7.92. The van der Waals surface area contributed by atoms with Crippen molar-refractivity contribution in [1.29, 1.82) is 0 Å². The summed E-state index contributed by atoms with van der Waals surface area (Å²) in [6, 6.07) is 1.70. The molecule has 0 saturated carbocycles. The molecule has 3 unspecified atom stereocenters. The van der Waals surface area contributed by atoms with E-state index in [4.69, 9.17) is 0 Å². The van der Waals surface area contributed by atoms with Crippen LogP contribution >= 0.6 is 11.3 Å². The highest BCUT2D eigenvalue weighted by Crippen LogP contribution is 2.29. The van der Waals surface area contributed by atoms with Crippen LogP contribution in [0.1, 0.15) is 56.5 Å². The lowest BCUT2D eigenvalue weighted by Crippen LogP contribution is -2.57. The Bertz CT molecular complexity index is 416. The van der Waals surface area contributed by atoms with Gasteiger partial charge in [0, 0.05) is 36.2 Å². The van der Waals surface area contributed by atoms with Crippen molar-refractivity contribution < 1.29 is 0 Å². The second kappa shape index (κ2) is 7.01. The van der Waals surface area contributed by atoms with E-state index in [2.05, 4.69) is 49.8 Å². The fourth-order valence-electron chi connectivity index (χ4n) is 3.18. The van der Waals surface area contributed by atoms with Crippen molar-refractivity contribution in [2.24, 2.45) is 5.92 Å². The molecule has 1 saturated heterocycles. The number of nitrogens with one attached hydrogen (secondary N) is 1. The van der Waals surface area contributed by atoms with Gasteiger partial charge in [-0.15, -0.1) is 11.3 Å². The second-order valence-corrected chi connectivity index (χ2v) is 7.75. The Kier molecular flexibility index (Phi) is 5.58. The van der Waals surface area contributed by atoms with Gasteiger partial charge in [-0.3, -0.25) is 4.90 Å². The maximum absolute atomic E-state index is 4.60. The van der Waals surface area contributed by atoms with Crippen molar-refractivity contribution in [3.05, 3.63) is 16.1 Å². The second-order valence-electron chi connectivity index (χ2n) is 6.48. The zero-order chi connectivity index (χ0) is 14.7. The van der Waals surface area contributed by atoms with Crippen LogP contribution in [0.25, 0.3) is 0 Å². The van der Waals surface area contributed by atoms with Gasteiger partial charge in [0.1, 0.15) is 5.01 Å². The lowest BCUT2D eigenvalue weighted by atomic mass is 9.98. The Morgan fingerprint density at radius 2 is 2.20 bits per heavy atom. The van der Waals surface area contributed by atoms with Crippen LogP contribution < -0.4 is 5.32 Å². The Balaban J connectivity index is 2.08. The van der Waals surface area contributed by atoms with Gasteiger partial charge >= 0.3 is 0 Å². The molecular weight excluding hydrogens is 266 g/mol. The summed E-state index contributed by atoms with van der Waals surface area (Å²) in [5.41, 5.74) is 0. The Morgan fingerprint density at radius 3 is 2.75 bits per heavy atom. The Morgan fingerprint density at radius 1 is 1.45 bits per heavy atom. The maximum Gasteiger partial charge on any atom is 0.110 e. The molecule has 1 aromatic heterocycles. The van der Waals surface area contributed by atoms with Crippen LogP contribution in [0.4, 0.5) is 0 Å². The topological polar surface area (TPSA) is 28.2 Å². The van der Waals surface area contributed by atoms with Gasteiger partial charge in [-0.2, -0.15) is 0 Å². The molecule has 0 aliphatic carbocycles. The summed E-state index contributed by atoms with van der Waals surface area (Å²) in [5, 5.41) is 5.00. The summed E-state index contributed by atoms with van der Waals surface area (Å²) < 4.78 is 0. The predicted octanol–water partition coefficient (Wildman–Crippen LogP) is 3.61. The van der Waals surface area contributed by atoms with E-state index >= 15 is 0 Å². The first-order valence-corrected chi connectivity index (χ1v) is 8.74. The van der Waals surface area contributed by atoms with E-state index in [-0.39, 0.29) is 0 Å². The Hall–Kier alpha value is -0.450. The minimum Gasteiger partial charge on any atom is -0.311 e. The number of aromatic nitrogens is 1. The molecule has 20 heavy (non-hydrogen) atoms. The minimum atomic E-state index is 0.440. The highest BCUT2D eigenvalue weighted by molar-refractivity contribution is 7.11. The van der Waals surface area contributed by atoms with Crippen LogP contribution in [-0.2, 0) is 0 Å². The van der Waals surface area contributed by atoms with Crippen LogP contribution in [0.3, 0.4) is 0 Å². The van der Waals surface area contributed by atoms with Gasteiger partial charge in [0.05, 0.1) is 6.04 Å². The zero-order valence-corrected chi connectivity index (χ0v) is 14.3. The largest absolute Gasteiger partial charge is 0.311 e. The molecule has 0 radical (unpaired) electrons. The summed E-state index contributed by atoms with van der Waals surface area (Å²) in [7, 11) is 0. The number of piperazine rings is 1. The van der Waals surface area contributed by atoms with Crippen LogP contribution in [-0.4, -0.2) is 35.1 Å². The zero-order valence-electron chi connectivity index (χ0n) is 13.5. The monoisotopic (exact) mass is 295 g/mol. The summed E-state index contributed by atoms with van der Waals surface area (Å²) in [6.45, 7) is 13.6. The molecule has 4 heteroatoms. The number of thiazole rings is 1. The van der Waals surface area contributed by atoms with E-state index in [9.17, 15) is 0 Å². The van der Waals surface area contributed by atoms with Crippen molar-refractivity contribution in [3.63, 3.8) is 0 Å². The number of aryl methyl sites for hydroxylation is 1. The van der Waals surface area contributed by atoms with E-state index in [1.54, 1.807) is 0 Å². The molecule has 2 heterocycles. The fourth-order valence-corrected chi connectivity index (χ4v) is 4.02. The first kappa shape index (κ1) is 15.9. The third-order valence-corrected chi connectivity index (χ3v) is 5.35. The highest BCUT2D eigenvalue weighted by atomic mass is 32.1.